The van der Waals surface area contributed by atoms with Crippen LogP contribution >= 0.6 is 40.2 Å². The molecule has 298 valence electrons. The predicted octanol–water partition coefficient (Wildman–Crippen LogP) is 17.1. The van der Waals surface area contributed by atoms with Gasteiger partial charge in [0.25, 0.3) is 0 Å². The first-order valence-electron chi connectivity index (χ1n) is 20.6. The number of hydrogen-bond acceptors (Lipinski definition) is 2. The molecule has 0 saturated carbocycles. The van der Waals surface area contributed by atoms with E-state index < -0.39 is 20.4 Å². The van der Waals surface area contributed by atoms with E-state index in [2.05, 4.69) is 136 Å². The Morgan fingerprint density at radius 3 is 1.33 bits per heavy atom. The molecule has 0 saturated heterocycles. The second-order valence-corrected chi connectivity index (χ2v) is 56.0. The molecule has 0 aliphatic heterocycles. The van der Waals surface area contributed by atoms with Gasteiger partial charge in [0.1, 0.15) is 0 Å². The van der Waals surface area contributed by atoms with Crippen molar-refractivity contribution in [1.29, 1.82) is 0 Å². The summed E-state index contributed by atoms with van der Waals surface area (Å²) in [6.45, 7) is 9.08. The summed E-state index contributed by atoms with van der Waals surface area (Å²) in [6.07, 6.45) is 10.1. The topological polar surface area (TPSA) is 26.3 Å². The van der Waals surface area contributed by atoms with Crippen LogP contribution in [0.1, 0.15) is 66.0 Å². The van der Waals surface area contributed by atoms with E-state index in [0.29, 0.717) is 10.0 Å². The zero-order valence-electron chi connectivity index (χ0n) is 33.8. The molecule has 0 amide bonds. The van der Waals surface area contributed by atoms with Gasteiger partial charge in [0.15, 0.2) is 0 Å². The van der Waals surface area contributed by atoms with Crippen molar-refractivity contribution in [1.82, 2.24) is 0 Å². The summed E-state index contributed by atoms with van der Waals surface area (Å²) in [7, 11) is 18.3. The molecule has 2 unspecified atom stereocenters. The van der Waals surface area contributed by atoms with Crippen molar-refractivity contribution >= 4 is 90.5 Å². The molecule has 0 fully saturated rings. The summed E-state index contributed by atoms with van der Waals surface area (Å²) in [5.74, 6) is 1.62. The van der Waals surface area contributed by atoms with E-state index in [1.165, 1.54) is 11.1 Å². The summed E-state index contributed by atoms with van der Waals surface area (Å²) < 4.78 is 12.7. The van der Waals surface area contributed by atoms with Crippen LogP contribution in [0.2, 0.25) is 23.1 Å². The van der Waals surface area contributed by atoms with Gasteiger partial charge < -0.3 is 0 Å². The third-order valence-electron chi connectivity index (χ3n) is 13.2. The Bertz CT molecular complexity index is 3010. The van der Waals surface area contributed by atoms with E-state index in [1.54, 1.807) is 0 Å². The molecule has 2 aliphatic rings. The molecule has 0 bridgehead atoms. The van der Waals surface area contributed by atoms with Crippen molar-refractivity contribution in [3.63, 3.8) is 0 Å². The third kappa shape index (κ3) is 5.96. The van der Waals surface area contributed by atoms with Gasteiger partial charge in [-0.2, -0.15) is 0 Å². The van der Waals surface area contributed by atoms with Crippen molar-refractivity contribution in [2.75, 3.05) is 0 Å². The Kier molecular flexibility index (Phi) is 10.2. The molecule has 8 heteroatoms. The average molecular weight is 960 g/mol. The minimum absolute atomic E-state index is 0.342. The average Bonchev–Trinajstić information content (AvgIpc) is 4.06. The van der Waals surface area contributed by atoms with Gasteiger partial charge in [0.2, 0.25) is 0 Å². The van der Waals surface area contributed by atoms with Crippen molar-refractivity contribution in [2.45, 2.75) is 47.0 Å². The van der Waals surface area contributed by atoms with Crippen LogP contribution in [0, 0.1) is 0 Å². The van der Waals surface area contributed by atoms with Crippen molar-refractivity contribution in [3.05, 3.63) is 189 Å². The Balaban J connectivity index is 1.34. The Morgan fingerprint density at radius 2 is 0.933 bits per heavy atom. The summed E-state index contributed by atoms with van der Waals surface area (Å²) in [4.78, 5) is 0. The Hall–Kier alpha value is -3.86. The maximum atomic E-state index is 9.13. The summed E-state index contributed by atoms with van der Waals surface area (Å²) in [6, 6.07) is 42.2. The van der Waals surface area contributed by atoms with E-state index in [4.69, 9.17) is 49.1 Å². The van der Waals surface area contributed by atoms with Crippen LogP contribution in [-0.4, -0.2) is 5.43 Å². The van der Waals surface area contributed by atoms with Gasteiger partial charge >= 0.3 is 372 Å². The van der Waals surface area contributed by atoms with Crippen LogP contribution in [0.5, 0.6) is 0 Å². The van der Waals surface area contributed by atoms with Crippen LogP contribution in [0.4, 0.5) is 0 Å². The maximum absolute atomic E-state index is 9.13. The molecule has 2 aliphatic carbocycles. The first-order valence-corrected chi connectivity index (χ1v) is 36.7. The van der Waals surface area contributed by atoms with Crippen LogP contribution in [-0.2, 0) is 27.9 Å². The Labute approximate surface area is 369 Å². The zero-order chi connectivity index (χ0) is 41.5. The molecule has 10 rings (SSSR count). The number of halogens is 4. The predicted molar refractivity (Wildman–Crippen MR) is 255 cm³/mol. The second kappa shape index (κ2) is 15.2. The fourth-order valence-corrected chi connectivity index (χ4v) is 38.3. The van der Waals surface area contributed by atoms with Gasteiger partial charge in [0, 0.05) is 0 Å². The van der Waals surface area contributed by atoms with Crippen LogP contribution in [0.25, 0.3) is 67.1 Å². The molecule has 2 atom stereocenters. The number of hydrogen-bond donors (Lipinski definition) is 0. The van der Waals surface area contributed by atoms with Crippen molar-refractivity contribution in [3.8, 4) is 22.3 Å². The molecule has 0 spiro atoms. The van der Waals surface area contributed by atoms with Gasteiger partial charge in [-0.15, -0.1) is 0 Å². The first-order chi connectivity index (χ1) is 29.0. The van der Waals surface area contributed by atoms with Gasteiger partial charge in [0.05, 0.1) is 0 Å². The normalized spacial score (nSPS) is 16.3. The molecule has 2 heterocycles. The molecule has 8 aromatic rings. The van der Waals surface area contributed by atoms with E-state index in [-0.39, 0.29) is 7.25 Å². The summed E-state index contributed by atoms with van der Waals surface area (Å²) >= 11 is 8.56. The van der Waals surface area contributed by atoms with Gasteiger partial charge in [-0.05, 0) is 0 Å². The molecule has 0 radical (unpaired) electrons. The number of fused-ring (bicyclic) bond motifs is 4. The number of rotatable bonds is 8. The quantitative estimate of drug-likeness (QED) is 0.142. The molecular formula is C52H42Cl4O2SiZr. The van der Waals surface area contributed by atoms with Crippen molar-refractivity contribution in [2.24, 2.45) is 0 Å². The number of aryl methyl sites for hydroxylation is 2. The van der Waals surface area contributed by atoms with Crippen LogP contribution in [0.3, 0.4) is 0 Å². The fourth-order valence-electron chi connectivity index (χ4n) is 10.3. The second-order valence-electron chi connectivity index (χ2n) is 16.4. The summed E-state index contributed by atoms with van der Waals surface area (Å²) in [5.41, 5.74) is 11.7. The van der Waals surface area contributed by atoms with E-state index >= 15 is 0 Å². The third-order valence-corrected chi connectivity index (χ3v) is 60.1. The zero-order valence-corrected chi connectivity index (χ0v) is 40.2. The van der Waals surface area contributed by atoms with Gasteiger partial charge in [-0.25, -0.2) is 0 Å². The molecule has 2 nitrogen and oxygen atoms in total. The standard InChI is InChI=1S/2C25H18ClO.C2H6Si.2ClH.Zr/c2*1-2-16-11-12-17-13-19(25-20-8-4-3-7-18(20)15-27-25)14-22(17)24(16)21-9-5-6-10-23(21)26;1-3-2;;;/h2*3-15H,2H2,1H3;1-2H3;2*1H;/q;;;;;+2/p-2. The number of allylic oxidation sites excluding steroid dienone is 2. The number of benzene rings is 6. The molecule has 0 N–H and O–H groups in total. The van der Waals surface area contributed by atoms with Crippen LogP contribution < -0.4 is 0 Å². The summed E-state index contributed by atoms with van der Waals surface area (Å²) in [5, 5.41) is 5.56. The van der Waals surface area contributed by atoms with Gasteiger partial charge in [-0.1, -0.05) is 0 Å². The van der Waals surface area contributed by atoms with Gasteiger partial charge in [-0.3, -0.25) is 0 Å². The van der Waals surface area contributed by atoms with E-state index in [1.807, 2.05) is 36.8 Å². The fraction of sp³-hybridized carbons (Fsp3) is 0.154. The molecule has 2 aromatic heterocycles. The first kappa shape index (κ1) is 40.2. The van der Waals surface area contributed by atoms with Crippen molar-refractivity contribution < 1.29 is 23.8 Å². The molecular weight excluding hydrogens is 918 g/mol. The monoisotopic (exact) mass is 956 g/mol. The molecule has 6 aromatic carbocycles. The number of furan rings is 2. The van der Waals surface area contributed by atoms with E-state index in [0.717, 1.165) is 102 Å². The SMILES string of the molecule is CCc1ccc2c(c1-c1ccccc1Cl)C=C(c1occ3ccccc13)[CH]2[Zr]([Cl])([Cl])([CH]1C(c2occ3ccccc23)=Cc2c1ccc(CC)c2-c1ccccc1Cl)=[Si](C)C. The molecule has 60 heavy (non-hydrogen) atoms. The Morgan fingerprint density at radius 1 is 0.533 bits per heavy atom. The van der Waals surface area contributed by atoms with Crippen LogP contribution in [0.15, 0.2) is 143 Å². The van der Waals surface area contributed by atoms with E-state index in [9.17, 15) is 0 Å². The minimum atomic E-state index is -5.62.